The Morgan fingerprint density at radius 2 is 1.80 bits per heavy atom. The number of Topliss-reactive ketones (excluding diaryl/α,β-unsaturated/α-hetero) is 1. The van der Waals surface area contributed by atoms with Gasteiger partial charge >= 0.3 is 11.9 Å². The van der Waals surface area contributed by atoms with Crippen LogP contribution in [0.3, 0.4) is 0 Å². The van der Waals surface area contributed by atoms with Crippen molar-refractivity contribution < 1.29 is 28.6 Å². The highest BCUT2D eigenvalue weighted by Crippen LogP contribution is 2.39. The number of allylic oxidation sites excluding steroid dienone is 1. The smallest absolute Gasteiger partial charge is 0.353 e. The Labute approximate surface area is 176 Å². The molecular formula is C23H16O6S. The zero-order chi connectivity index (χ0) is 21.3. The number of fused-ring (bicyclic) bond motifs is 1. The van der Waals surface area contributed by atoms with E-state index < -0.39 is 11.9 Å². The van der Waals surface area contributed by atoms with E-state index in [1.54, 1.807) is 66.9 Å². The average Bonchev–Trinajstić information content (AvgIpc) is 3.40. The van der Waals surface area contributed by atoms with Crippen LogP contribution in [0, 0.1) is 6.92 Å². The summed E-state index contributed by atoms with van der Waals surface area (Å²) in [7, 11) is 1.31. The molecule has 1 aliphatic rings. The van der Waals surface area contributed by atoms with Gasteiger partial charge in [0, 0.05) is 5.56 Å². The van der Waals surface area contributed by atoms with E-state index >= 15 is 0 Å². The van der Waals surface area contributed by atoms with Gasteiger partial charge in [0.1, 0.15) is 16.4 Å². The van der Waals surface area contributed by atoms with Crippen LogP contribution in [0.2, 0.25) is 0 Å². The van der Waals surface area contributed by atoms with Gasteiger partial charge in [0.05, 0.1) is 18.2 Å². The Morgan fingerprint density at radius 1 is 1.03 bits per heavy atom. The van der Waals surface area contributed by atoms with E-state index in [-0.39, 0.29) is 11.5 Å². The van der Waals surface area contributed by atoms with E-state index in [2.05, 4.69) is 4.74 Å². The largest absolute Gasteiger partial charge is 0.465 e. The van der Waals surface area contributed by atoms with Gasteiger partial charge in [-0.05, 0) is 54.3 Å². The van der Waals surface area contributed by atoms with Crippen LogP contribution in [0.5, 0.6) is 11.5 Å². The van der Waals surface area contributed by atoms with Crippen LogP contribution in [0.25, 0.3) is 6.08 Å². The van der Waals surface area contributed by atoms with E-state index in [9.17, 15) is 14.4 Å². The molecule has 0 saturated heterocycles. The van der Waals surface area contributed by atoms with Crippen LogP contribution < -0.4 is 9.47 Å². The molecule has 30 heavy (non-hydrogen) atoms. The van der Waals surface area contributed by atoms with Crippen LogP contribution in [0.4, 0.5) is 0 Å². The van der Waals surface area contributed by atoms with Crippen molar-refractivity contribution in [2.24, 2.45) is 0 Å². The molecule has 4 rings (SSSR count). The van der Waals surface area contributed by atoms with Gasteiger partial charge in [0.25, 0.3) is 0 Å². The van der Waals surface area contributed by atoms with Crippen molar-refractivity contribution in [2.75, 3.05) is 7.11 Å². The van der Waals surface area contributed by atoms with Gasteiger partial charge in [-0.1, -0.05) is 18.2 Å². The summed E-state index contributed by atoms with van der Waals surface area (Å²) in [4.78, 5) is 37.0. The number of hydrogen-bond acceptors (Lipinski definition) is 7. The fourth-order valence-corrected chi connectivity index (χ4v) is 3.61. The fraction of sp³-hybridized carbons (Fsp3) is 0.0870. The summed E-state index contributed by atoms with van der Waals surface area (Å²) in [5.74, 6) is -0.298. The lowest BCUT2D eigenvalue weighted by molar-refractivity contribution is 0.0600. The van der Waals surface area contributed by atoms with Crippen molar-refractivity contribution in [1.82, 2.24) is 0 Å². The van der Waals surface area contributed by atoms with Crippen molar-refractivity contribution in [1.29, 1.82) is 0 Å². The Kier molecular flexibility index (Phi) is 5.20. The third kappa shape index (κ3) is 3.62. The van der Waals surface area contributed by atoms with E-state index in [0.29, 0.717) is 38.6 Å². The summed E-state index contributed by atoms with van der Waals surface area (Å²) in [5.41, 5.74) is 2.08. The highest BCUT2D eigenvalue weighted by Gasteiger charge is 2.30. The molecule has 3 aromatic rings. The molecule has 0 spiro atoms. The minimum Gasteiger partial charge on any atom is -0.465 e. The first-order valence-electron chi connectivity index (χ1n) is 9.00. The third-order valence-corrected chi connectivity index (χ3v) is 5.44. The maximum Gasteiger partial charge on any atom is 0.353 e. The van der Waals surface area contributed by atoms with E-state index in [1.807, 2.05) is 0 Å². The van der Waals surface area contributed by atoms with Gasteiger partial charge in [-0.25, -0.2) is 9.59 Å². The van der Waals surface area contributed by atoms with Gasteiger partial charge in [-0.15, -0.1) is 11.3 Å². The molecule has 7 heteroatoms. The normalized spacial score (nSPS) is 13.7. The molecule has 0 fully saturated rings. The molecule has 1 aliphatic heterocycles. The molecule has 150 valence electrons. The molecule has 0 amide bonds. The van der Waals surface area contributed by atoms with Crippen LogP contribution in [-0.2, 0) is 4.74 Å². The lowest BCUT2D eigenvalue weighted by Crippen LogP contribution is -2.07. The Balaban J connectivity index is 1.58. The van der Waals surface area contributed by atoms with Crippen LogP contribution in [0.1, 0.15) is 41.5 Å². The molecule has 0 N–H and O–H groups in total. The second-order valence-electron chi connectivity index (χ2n) is 6.49. The number of rotatable bonds is 4. The Bertz CT molecular complexity index is 1170. The van der Waals surface area contributed by atoms with Gasteiger partial charge in [0.2, 0.25) is 5.78 Å². The second-order valence-corrected chi connectivity index (χ2v) is 7.43. The van der Waals surface area contributed by atoms with Gasteiger partial charge in [0.15, 0.2) is 5.76 Å². The first-order chi connectivity index (χ1) is 14.5. The molecule has 0 atom stereocenters. The highest BCUT2D eigenvalue weighted by atomic mass is 32.1. The minimum atomic E-state index is -0.459. The highest BCUT2D eigenvalue weighted by molar-refractivity contribution is 7.12. The molecule has 6 nitrogen and oxygen atoms in total. The number of benzene rings is 2. The third-order valence-electron chi connectivity index (χ3n) is 4.59. The summed E-state index contributed by atoms with van der Waals surface area (Å²) in [5, 5.41) is 1.79. The fourth-order valence-electron chi connectivity index (χ4n) is 3.01. The van der Waals surface area contributed by atoms with Crippen molar-refractivity contribution in [3.8, 4) is 11.5 Å². The summed E-state index contributed by atoms with van der Waals surface area (Å²) >= 11 is 1.29. The zero-order valence-corrected chi connectivity index (χ0v) is 16.9. The van der Waals surface area contributed by atoms with Crippen molar-refractivity contribution >= 4 is 35.1 Å². The van der Waals surface area contributed by atoms with Crippen molar-refractivity contribution in [2.45, 2.75) is 6.92 Å². The summed E-state index contributed by atoms with van der Waals surface area (Å²) < 4.78 is 15.9. The second kappa shape index (κ2) is 7.96. The molecule has 2 heterocycles. The Hall–Kier alpha value is -3.71. The number of esters is 2. The molecule has 2 aromatic carbocycles. The summed E-state index contributed by atoms with van der Waals surface area (Å²) in [6, 6.07) is 13.2. The van der Waals surface area contributed by atoms with E-state index in [1.165, 1.54) is 18.4 Å². The topological polar surface area (TPSA) is 78.9 Å². The quantitative estimate of drug-likeness (QED) is 0.346. The molecule has 0 aliphatic carbocycles. The van der Waals surface area contributed by atoms with E-state index in [4.69, 9.17) is 9.47 Å². The number of hydrogen-bond donors (Lipinski definition) is 0. The predicted molar refractivity (Wildman–Crippen MR) is 111 cm³/mol. The monoisotopic (exact) mass is 420 g/mol. The average molecular weight is 420 g/mol. The molecule has 1 aromatic heterocycles. The molecule has 0 saturated carbocycles. The van der Waals surface area contributed by atoms with Gasteiger partial charge < -0.3 is 14.2 Å². The van der Waals surface area contributed by atoms with Crippen molar-refractivity contribution in [3.05, 3.63) is 86.8 Å². The lowest BCUT2D eigenvalue weighted by Gasteiger charge is -2.09. The maximum absolute atomic E-state index is 12.7. The maximum atomic E-state index is 12.7. The SMILES string of the molecule is COC(=O)c1ccc(/C=C2\Oc3c(ccc(OC(=O)c4cccs4)c3C)C2=O)cc1. The summed E-state index contributed by atoms with van der Waals surface area (Å²) in [6.07, 6.45) is 1.60. The zero-order valence-electron chi connectivity index (χ0n) is 16.1. The standard InChI is InChI=1S/C23H16O6S/c1-13-17(29-23(26)19-4-3-11-30-19)10-9-16-20(24)18(28-21(13)16)12-14-5-7-15(8-6-14)22(25)27-2/h3-12H,1-2H3/b18-12-. The predicted octanol–water partition coefficient (Wildman–Crippen LogP) is 4.68. The minimum absolute atomic E-state index is 0.153. The first kappa shape index (κ1) is 19.6. The van der Waals surface area contributed by atoms with Crippen LogP contribution >= 0.6 is 11.3 Å². The molecule has 0 unspecified atom stereocenters. The Morgan fingerprint density at radius 3 is 2.47 bits per heavy atom. The van der Waals surface area contributed by atoms with Gasteiger partial charge in [-0.3, -0.25) is 4.79 Å². The van der Waals surface area contributed by atoms with Gasteiger partial charge in [-0.2, -0.15) is 0 Å². The van der Waals surface area contributed by atoms with E-state index in [0.717, 1.165) is 0 Å². The number of methoxy groups -OCH3 is 1. The first-order valence-corrected chi connectivity index (χ1v) is 9.88. The number of carbonyl (C=O) groups excluding carboxylic acids is 3. The molecule has 0 bridgehead atoms. The lowest BCUT2D eigenvalue weighted by atomic mass is 10.1. The molecular weight excluding hydrogens is 404 g/mol. The van der Waals surface area contributed by atoms with Crippen LogP contribution in [0.15, 0.2) is 59.7 Å². The number of thiophene rings is 1. The van der Waals surface area contributed by atoms with Crippen molar-refractivity contribution in [3.63, 3.8) is 0 Å². The molecule has 0 radical (unpaired) electrons. The van der Waals surface area contributed by atoms with Crippen LogP contribution in [-0.4, -0.2) is 24.8 Å². The number of ether oxygens (including phenoxy) is 3. The number of carbonyl (C=O) groups is 3. The summed E-state index contributed by atoms with van der Waals surface area (Å²) in [6.45, 7) is 1.73. The number of ketones is 1.